The maximum atomic E-state index is 12.1. The fourth-order valence-corrected chi connectivity index (χ4v) is 2.02. The molecule has 1 heterocycles. The summed E-state index contributed by atoms with van der Waals surface area (Å²) in [6.45, 7) is 10.1. The number of amides is 1. The molecule has 7 nitrogen and oxygen atoms in total. The highest BCUT2D eigenvalue weighted by Gasteiger charge is 2.40. The summed E-state index contributed by atoms with van der Waals surface area (Å²) >= 11 is 0. The molecule has 0 aromatic rings. The lowest BCUT2D eigenvalue weighted by molar-refractivity contribution is -0.148. The van der Waals surface area contributed by atoms with E-state index in [9.17, 15) is 14.4 Å². The van der Waals surface area contributed by atoms with Gasteiger partial charge in [-0.15, -0.1) is 0 Å². The normalized spacial score (nSPS) is 22.0. The number of rotatable bonds is 3. The smallest absolute Gasteiger partial charge is 0.408 e. The molecule has 0 aromatic carbocycles. The maximum absolute atomic E-state index is 12.1. The van der Waals surface area contributed by atoms with Crippen molar-refractivity contribution >= 4 is 18.0 Å². The number of carbonyl (C=O) groups excluding carboxylic acids is 3. The Bertz CT molecular complexity index is 503. The summed E-state index contributed by atoms with van der Waals surface area (Å²) in [7, 11) is 0. The summed E-state index contributed by atoms with van der Waals surface area (Å²) in [6.07, 6.45) is -0.714. The Hall–Kier alpha value is -2.05. The van der Waals surface area contributed by atoms with E-state index in [-0.39, 0.29) is 17.9 Å². The minimum absolute atomic E-state index is 0.125. The Labute approximate surface area is 130 Å². The van der Waals surface area contributed by atoms with Crippen LogP contribution in [0.25, 0.3) is 0 Å². The van der Waals surface area contributed by atoms with Gasteiger partial charge in [0, 0.05) is 0 Å². The fourth-order valence-electron chi connectivity index (χ4n) is 2.02. The van der Waals surface area contributed by atoms with Crippen molar-refractivity contribution in [3.8, 4) is 0 Å². The van der Waals surface area contributed by atoms with E-state index < -0.39 is 35.6 Å². The first-order chi connectivity index (χ1) is 10.1. The third kappa shape index (κ3) is 4.47. The van der Waals surface area contributed by atoms with Crippen LogP contribution in [-0.2, 0) is 23.8 Å². The molecule has 1 amide bonds. The Balaban J connectivity index is 3.04. The summed E-state index contributed by atoms with van der Waals surface area (Å²) in [5.41, 5.74) is -0.564. The lowest BCUT2D eigenvalue weighted by atomic mass is 9.91. The zero-order valence-electron chi connectivity index (χ0n) is 13.8. The molecule has 1 aliphatic rings. The molecule has 1 N–H and O–H groups in total. The summed E-state index contributed by atoms with van der Waals surface area (Å²) in [5, 5.41) is 2.55. The molecule has 0 spiro atoms. The number of hydrogen-bond donors (Lipinski definition) is 1. The van der Waals surface area contributed by atoms with Crippen molar-refractivity contribution in [2.45, 2.75) is 53.2 Å². The largest absolute Gasteiger partial charge is 0.462 e. The molecule has 2 atom stereocenters. The molecule has 0 radical (unpaired) electrons. The summed E-state index contributed by atoms with van der Waals surface area (Å²) in [5.74, 6) is -1.75. The second-order valence-corrected chi connectivity index (χ2v) is 6.02. The Kier molecular flexibility index (Phi) is 5.57. The average molecular weight is 313 g/mol. The van der Waals surface area contributed by atoms with Crippen LogP contribution in [0.5, 0.6) is 0 Å². The van der Waals surface area contributed by atoms with E-state index in [0.717, 1.165) is 0 Å². The van der Waals surface area contributed by atoms with Gasteiger partial charge in [-0.2, -0.15) is 0 Å². The highest BCUT2D eigenvalue weighted by Crippen LogP contribution is 2.26. The molecular formula is C15H23NO6. The molecule has 0 unspecified atom stereocenters. The quantitative estimate of drug-likeness (QED) is 0.632. The van der Waals surface area contributed by atoms with Crippen LogP contribution in [0, 0.1) is 5.92 Å². The summed E-state index contributed by atoms with van der Waals surface area (Å²) in [6, 6.07) is -0.852. The number of nitrogens with one attached hydrogen (secondary N) is 1. The van der Waals surface area contributed by atoms with E-state index in [1.807, 2.05) is 0 Å². The second-order valence-electron chi connectivity index (χ2n) is 6.02. The summed E-state index contributed by atoms with van der Waals surface area (Å²) in [4.78, 5) is 35.8. The zero-order valence-corrected chi connectivity index (χ0v) is 13.8. The third-order valence-electron chi connectivity index (χ3n) is 2.98. The first-order valence-electron chi connectivity index (χ1n) is 7.16. The van der Waals surface area contributed by atoms with Gasteiger partial charge in [-0.3, -0.25) is 4.79 Å². The number of allylic oxidation sites excluding steroid dienone is 1. The van der Waals surface area contributed by atoms with Gasteiger partial charge in [0.25, 0.3) is 0 Å². The second kappa shape index (κ2) is 6.81. The van der Waals surface area contributed by atoms with E-state index in [4.69, 9.17) is 14.2 Å². The van der Waals surface area contributed by atoms with Gasteiger partial charge in [0.1, 0.15) is 11.4 Å². The van der Waals surface area contributed by atoms with Gasteiger partial charge in [-0.25, -0.2) is 9.59 Å². The van der Waals surface area contributed by atoms with Crippen LogP contribution in [0.2, 0.25) is 0 Å². The monoisotopic (exact) mass is 313 g/mol. The minimum atomic E-state index is -0.852. The van der Waals surface area contributed by atoms with Gasteiger partial charge in [0.2, 0.25) is 0 Å². The Morgan fingerprint density at radius 2 is 1.91 bits per heavy atom. The Morgan fingerprint density at radius 3 is 2.41 bits per heavy atom. The first kappa shape index (κ1) is 18.0. The van der Waals surface area contributed by atoms with Crippen LogP contribution in [-0.4, -0.2) is 36.3 Å². The number of cyclic esters (lactones) is 1. The molecule has 0 saturated heterocycles. The van der Waals surface area contributed by atoms with E-state index in [1.165, 1.54) is 6.92 Å². The molecule has 22 heavy (non-hydrogen) atoms. The van der Waals surface area contributed by atoms with Gasteiger partial charge in [0.05, 0.1) is 24.1 Å². The summed E-state index contributed by atoms with van der Waals surface area (Å²) < 4.78 is 15.2. The van der Waals surface area contributed by atoms with Crippen LogP contribution in [0.15, 0.2) is 11.3 Å². The molecule has 0 fully saturated rings. The molecule has 0 saturated carbocycles. The van der Waals surface area contributed by atoms with E-state index >= 15 is 0 Å². The highest BCUT2D eigenvalue weighted by atomic mass is 16.6. The van der Waals surface area contributed by atoms with Crippen LogP contribution < -0.4 is 5.32 Å². The van der Waals surface area contributed by atoms with Crippen LogP contribution in [0.1, 0.15) is 41.5 Å². The molecule has 0 aromatic heterocycles. The van der Waals surface area contributed by atoms with Crippen molar-refractivity contribution in [2.24, 2.45) is 5.92 Å². The van der Waals surface area contributed by atoms with Gasteiger partial charge < -0.3 is 19.5 Å². The molecule has 124 valence electrons. The van der Waals surface area contributed by atoms with Crippen molar-refractivity contribution in [3.63, 3.8) is 0 Å². The zero-order chi connectivity index (χ0) is 17.1. The first-order valence-corrected chi connectivity index (χ1v) is 7.16. The third-order valence-corrected chi connectivity index (χ3v) is 2.98. The highest BCUT2D eigenvalue weighted by molar-refractivity contribution is 5.94. The lowest BCUT2D eigenvalue weighted by Crippen LogP contribution is -2.50. The predicted octanol–water partition coefficient (Wildman–Crippen LogP) is 1.91. The Morgan fingerprint density at radius 1 is 1.32 bits per heavy atom. The van der Waals surface area contributed by atoms with Gasteiger partial charge in [-0.1, -0.05) is 0 Å². The minimum Gasteiger partial charge on any atom is -0.462 e. The van der Waals surface area contributed by atoms with E-state index in [1.54, 1.807) is 34.6 Å². The van der Waals surface area contributed by atoms with Crippen LogP contribution >= 0.6 is 0 Å². The molecule has 7 heteroatoms. The number of ether oxygens (including phenoxy) is 3. The van der Waals surface area contributed by atoms with Gasteiger partial charge in [0.15, 0.2) is 0 Å². The van der Waals surface area contributed by atoms with Crippen molar-refractivity contribution < 1.29 is 28.6 Å². The molecule has 0 bridgehead atoms. The van der Waals surface area contributed by atoms with Gasteiger partial charge in [-0.05, 0) is 41.5 Å². The lowest BCUT2D eigenvalue weighted by Gasteiger charge is -2.31. The molecule has 0 aliphatic carbocycles. The number of alkyl carbamates (subject to hydrolysis) is 1. The average Bonchev–Trinajstić information content (AvgIpc) is 2.33. The van der Waals surface area contributed by atoms with Crippen molar-refractivity contribution in [3.05, 3.63) is 11.3 Å². The fraction of sp³-hybridized carbons (Fsp3) is 0.667. The standard InChI is InChI=1S/C15H23NO6/c1-7-20-13(18)10-9(3)21-12(17)8(2)11(10)16-14(19)22-15(4,5)6/h8,11H,7H2,1-6H3,(H,16,19)/t8-,11+/m1/s1. The van der Waals surface area contributed by atoms with Crippen LogP contribution in [0.4, 0.5) is 4.79 Å². The number of hydrogen-bond acceptors (Lipinski definition) is 6. The molecule has 1 aliphatic heterocycles. The molecule has 1 rings (SSSR count). The SMILES string of the molecule is CCOC(=O)C1=C(C)OC(=O)[C@H](C)[C@@H]1NC(=O)OC(C)(C)C. The van der Waals surface area contributed by atoms with Gasteiger partial charge >= 0.3 is 18.0 Å². The van der Waals surface area contributed by atoms with Crippen LogP contribution in [0.3, 0.4) is 0 Å². The maximum Gasteiger partial charge on any atom is 0.408 e. The van der Waals surface area contributed by atoms with Crippen molar-refractivity contribution in [2.75, 3.05) is 6.61 Å². The topological polar surface area (TPSA) is 90.9 Å². The van der Waals surface area contributed by atoms with Crippen molar-refractivity contribution in [1.82, 2.24) is 5.32 Å². The van der Waals surface area contributed by atoms with Crippen molar-refractivity contribution in [1.29, 1.82) is 0 Å². The van der Waals surface area contributed by atoms with E-state index in [2.05, 4.69) is 5.32 Å². The molecular weight excluding hydrogens is 290 g/mol. The predicted molar refractivity (Wildman–Crippen MR) is 77.7 cm³/mol. The number of carbonyl (C=O) groups is 3. The number of esters is 2. The van der Waals surface area contributed by atoms with E-state index in [0.29, 0.717) is 0 Å².